The van der Waals surface area contributed by atoms with Gasteiger partial charge in [0, 0.05) is 35.4 Å². The minimum atomic E-state index is 0.568. The van der Waals surface area contributed by atoms with Gasteiger partial charge in [-0.25, -0.2) is 0 Å². The summed E-state index contributed by atoms with van der Waals surface area (Å²) in [4.78, 5) is 5.89. The highest BCUT2D eigenvalue weighted by atomic mass is 32.1. The van der Waals surface area contributed by atoms with Crippen LogP contribution >= 0.6 is 23.6 Å². The van der Waals surface area contributed by atoms with Gasteiger partial charge in [-0.1, -0.05) is 6.07 Å². The van der Waals surface area contributed by atoms with Crippen molar-refractivity contribution < 1.29 is 0 Å². The topological polar surface area (TPSA) is 18.5 Å². The van der Waals surface area contributed by atoms with Crippen LogP contribution in [0.1, 0.15) is 31.6 Å². The monoisotopic (exact) mass is 359 g/mol. The van der Waals surface area contributed by atoms with Crippen molar-refractivity contribution in [3.05, 3.63) is 46.7 Å². The molecule has 0 radical (unpaired) electrons. The largest absolute Gasteiger partial charge is 0.372 e. The summed E-state index contributed by atoms with van der Waals surface area (Å²) in [5.74, 6) is 0. The first-order valence-electron chi connectivity index (χ1n) is 8.66. The molecule has 0 amide bonds. The third-order valence-electron chi connectivity index (χ3n) is 4.33. The molecule has 2 aromatic rings. The van der Waals surface area contributed by atoms with Crippen LogP contribution in [0, 0.1) is 0 Å². The Balaban J connectivity index is 1.79. The van der Waals surface area contributed by atoms with Gasteiger partial charge in [0.2, 0.25) is 0 Å². The number of thiophene rings is 1. The van der Waals surface area contributed by atoms with Crippen LogP contribution in [0.4, 0.5) is 11.4 Å². The number of hydrogen-bond donors (Lipinski definition) is 1. The maximum atomic E-state index is 5.69. The summed E-state index contributed by atoms with van der Waals surface area (Å²) in [6.07, 6.45) is 2.46. The highest BCUT2D eigenvalue weighted by Gasteiger charge is 2.24. The molecule has 0 saturated heterocycles. The lowest BCUT2D eigenvalue weighted by Crippen LogP contribution is -2.40. The third kappa shape index (κ3) is 4.28. The summed E-state index contributed by atoms with van der Waals surface area (Å²) in [6, 6.07) is 13.6. The standard InChI is InChI=1S/C19H25N3S2/c1-3-21(4-2)16-9-11-17(12-10-16)22(14-18-6-5-13-24-18)19(23)20-15-7-8-15/h5-6,9-13,15H,3-4,7-8,14H2,1-2H3,(H,20,23). The molecule has 0 atom stereocenters. The first-order chi connectivity index (χ1) is 11.7. The fourth-order valence-electron chi connectivity index (χ4n) is 2.75. The molecule has 1 saturated carbocycles. The van der Waals surface area contributed by atoms with Crippen LogP contribution in [0.2, 0.25) is 0 Å². The number of nitrogens with one attached hydrogen (secondary N) is 1. The Morgan fingerprint density at radius 1 is 1.12 bits per heavy atom. The van der Waals surface area contributed by atoms with Gasteiger partial charge in [-0.2, -0.15) is 0 Å². The molecule has 1 N–H and O–H groups in total. The number of anilines is 2. The molecule has 0 bridgehead atoms. The van der Waals surface area contributed by atoms with Crippen molar-refractivity contribution in [1.82, 2.24) is 5.32 Å². The average molecular weight is 360 g/mol. The highest BCUT2D eigenvalue weighted by molar-refractivity contribution is 7.80. The van der Waals surface area contributed by atoms with Gasteiger partial charge in [0.15, 0.2) is 5.11 Å². The summed E-state index contributed by atoms with van der Waals surface area (Å²) in [5.41, 5.74) is 2.42. The Labute approximate surface area is 154 Å². The first-order valence-corrected chi connectivity index (χ1v) is 9.95. The summed E-state index contributed by atoms with van der Waals surface area (Å²) < 4.78 is 0. The molecular weight excluding hydrogens is 334 g/mol. The molecule has 128 valence electrons. The van der Waals surface area contributed by atoms with Crippen LogP contribution in [-0.2, 0) is 6.54 Å². The molecule has 1 aliphatic carbocycles. The molecule has 1 aromatic heterocycles. The lowest BCUT2D eigenvalue weighted by Gasteiger charge is -2.27. The molecule has 3 nitrogen and oxygen atoms in total. The second-order valence-electron chi connectivity index (χ2n) is 6.08. The van der Waals surface area contributed by atoms with Gasteiger partial charge in [-0.15, -0.1) is 11.3 Å². The van der Waals surface area contributed by atoms with Crippen molar-refractivity contribution in [3.63, 3.8) is 0 Å². The SMILES string of the molecule is CCN(CC)c1ccc(N(Cc2cccs2)C(=S)NC2CC2)cc1. The smallest absolute Gasteiger partial charge is 0.174 e. The lowest BCUT2D eigenvalue weighted by molar-refractivity contribution is 0.864. The fourth-order valence-corrected chi connectivity index (χ4v) is 3.78. The van der Waals surface area contributed by atoms with E-state index in [-0.39, 0.29) is 0 Å². The highest BCUT2D eigenvalue weighted by Crippen LogP contribution is 2.25. The van der Waals surface area contributed by atoms with E-state index < -0.39 is 0 Å². The zero-order chi connectivity index (χ0) is 16.9. The zero-order valence-corrected chi connectivity index (χ0v) is 16.0. The van der Waals surface area contributed by atoms with E-state index >= 15 is 0 Å². The van der Waals surface area contributed by atoms with Crippen molar-refractivity contribution in [2.75, 3.05) is 22.9 Å². The first kappa shape index (κ1) is 17.2. The molecule has 1 aliphatic rings. The van der Waals surface area contributed by atoms with E-state index in [1.165, 1.54) is 23.4 Å². The number of benzene rings is 1. The zero-order valence-electron chi connectivity index (χ0n) is 14.4. The molecule has 0 spiro atoms. The summed E-state index contributed by atoms with van der Waals surface area (Å²) in [5, 5.41) is 6.43. The van der Waals surface area contributed by atoms with Crippen molar-refractivity contribution in [2.24, 2.45) is 0 Å². The van der Waals surface area contributed by atoms with Crippen LogP contribution in [0.25, 0.3) is 0 Å². The van der Waals surface area contributed by atoms with Crippen LogP contribution in [-0.4, -0.2) is 24.2 Å². The van der Waals surface area contributed by atoms with Crippen molar-refractivity contribution in [2.45, 2.75) is 39.3 Å². The van der Waals surface area contributed by atoms with E-state index in [0.29, 0.717) is 6.04 Å². The number of nitrogens with zero attached hydrogens (tertiary/aromatic N) is 2. The molecular formula is C19H25N3S2. The van der Waals surface area contributed by atoms with Gasteiger partial charge in [0.25, 0.3) is 0 Å². The molecule has 24 heavy (non-hydrogen) atoms. The van der Waals surface area contributed by atoms with E-state index in [9.17, 15) is 0 Å². The van der Waals surface area contributed by atoms with Gasteiger partial charge in [-0.05, 0) is 74.6 Å². The Bertz CT molecular complexity index is 644. The Hall–Kier alpha value is -1.59. The number of rotatable bonds is 7. The molecule has 5 heteroatoms. The van der Waals surface area contributed by atoms with Gasteiger partial charge < -0.3 is 15.1 Å². The van der Waals surface area contributed by atoms with Gasteiger partial charge >= 0.3 is 0 Å². The van der Waals surface area contributed by atoms with Crippen molar-refractivity contribution in [1.29, 1.82) is 0 Å². The van der Waals surface area contributed by atoms with E-state index in [1.54, 1.807) is 11.3 Å². The minimum Gasteiger partial charge on any atom is -0.372 e. The van der Waals surface area contributed by atoms with Crippen LogP contribution in [0.15, 0.2) is 41.8 Å². The third-order valence-corrected chi connectivity index (χ3v) is 5.53. The number of hydrogen-bond acceptors (Lipinski definition) is 3. The van der Waals surface area contributed by atoms with Crippen LogP contribution in [0.3, 0.4) is 0 Å². The van der Waals surface area contributed by atoms with Gasteiger partial charge in [0.1, 0.15) is 0 Å². The molecule has 1 heterocycles. The Kier molecular flexibility index (Phi) is 5.74. The van der Waals surface area contributed by atoms with Gasteiger partial charge in [0.05, 0.1) is 6.54 Å². The van der Waals surface area contributed by atoms with E-state index in [4.69, 9.17) is 12.2 Å². The quantitative estimate of drug-likeness (QED) is 0.726. The van der Waals surface area contributed by atoms with Crippen molar-refractivity contribution >= 4 is 40.0 Å². The second-order valence-corrected chi connectivity index (χ2v) is 7.50. The number of thiocarbonyl (C=S) groups is 1. The predicted molar refractivity (Wildman–Crippen MR) is 109 cm³/mol. The maximum absolute atomic E-state index is 5.69. The Morgan fingerprint density at radius 3 is 2.33 bits per heavy atom. The maximum Gasteiger partial charge on any atom is 0.174 e. The molecule has 0 aliphatic heterocycles. The average Bonchev–Trinajstić information content (AvgIpc) is 3.26. The predicted octanol–water partition coefficient (Wildman–Crippen LogP) is 4.64. The van der Waals surface area contributed by atoms with Crippen LogP contribution in [0.5, 0.6) is 0 Å². The van der Waals surface area contributed by atoms with Crippen LogP contribution < -0.4 is 15.1 Å². The summed E-state index contributed by atoms with van der Waals surface area (Å²) in [6.45, 7) is 7.25. The van der Waals surface area contributed by atoms with E-state index in [2.05, 4.69) is 70.7 Å². The summed E-state index contributed by atoms with van der Waals surface area (Å²) in [7, 11) is 0. The van der Waals surface area contributed by atoms with E-state index in [1.807, 2.05) is 0 Å². The van der Waals surface area contributed by atoms with Gasteiger partial charge in [-0.3, -0.25) is 0 Å². The normalized spacial score (nSPS) is 13.6. The van der Waals surface area contributed by atoms with E-state index in [0.717, 1.165) is 30.4 Å². The Morgan fingerprint density at radius 2 is 1.79 bits per heavy atom. The molecule has 0 unspecified atom stereocenters. The minimum absolute atomic E-state index is 0.568. The fraction of sp³-hybridized carbons (Fsp3) is 0.421. The molecule has 3 rings (SSSR count). The lowest BCUT2D eigenvalue weighted by atomic mass is 10.2. The second kappa shape index (κ2) is 7.99. The summed E-state index contributed by atoms with van der Waals surface area (Å²) >= 11 is 7.46. The molecule has 1 fully saturated rings. The van der Waals surface area contributed by atoms with Crippen molar-refractivity contribution in [3.8, 4) is 0 Å². The molecule has 1 aromatic carbocycles.